The van der Waals surface area contributed by atoms with Gasteiger partial charge in [0.25, 0.3) is 0 Å². The molecule has 0 aromatic heterocycles. The van der Waals surface area contributed by atoms with Crippen LogP contribution in [0.1, 0.15) is 92.4 Å². The minimum absolute atomic E-state index is 0.0203. The van der Waals surface area contributed by atoms with E-state index >= 15 is 0 Å². The van der Waals surface area contributed by atoms with Crippen molar-refractivity contribution >= 4 is 0 Å². The van der Waals surface area contributed by atoms with Crippen molar-refractivity contribution in [1.29, 1.82) is 0 Å². The Morgan fingerprint density at radius 3 is 1.44 bits per heavy atom. The van der Waals surface area contributed by atoms with Crippen LogP contribution in [-0.2, 0) is 18.9 Å². The molecule has 2 unspecified atom stereocenters. The van der Waals surface area contributed by atoms with E-state index in [4.69, 9.17) is 18.9 Å². The number of rotatable bonds is 16. The molecule has 0 N–H and O–H groups in total. The van der Waals surface area contributed by atoms with Gasteiger partial charge in [0.05, 0.1) is 12.2 Å². The van der Waals surface area contributed by atoms with Crippen molar-refractivity contribution in [3.8, 4) is 0 Å². The summed E-state index contributed by atoms with van der Waals surface area (Å²) in [6, 6.07) is 0. The third-order valence-electron chi connectivity index (χ3n) is 5.43. The van der Waals surface area contributed by atoms with Gasteiger partial charge in [0.2, 0.25) is 0 Å². The fourth-order valence-corrected chi connectivity index (χ4v) is 3.64. The Morgan fingerprint density at radius 1 is 0.556 bits per heavy atom. The Kier molecular flexibility index (Phi) is 14.5. The minimum Gasteiger partial charge on any atom is -0.375 e. The van der Waals surface area contributed by atoms with Gasteiger partial charge in [0.1, 0.15) is 12.2 Å². The highest BCUT2D eigenvalue weighted by Crippen LogP contribution is 2.34. The van der Waals surface area contributed by atoms with Crippen LogP contribution in [0.3, 0.4) is 0 Å². The highest BCUT2D eigenvalue weighted by atomic mass is 16.6. The highest BCUT2D eigenvalue weighted by Gasteiger charge is 2.45. The van der Waals surface area contributed by atoms with E-state index in [9.17, 15) is 0 Å². The summed E-state index contributed by atoms with van der Waals surface area (Å²) in [5.41, 5.74) is 0. The maximum Gasteiger partial charge on any atom is 0.113 e. The number of hydrogen-bond donors (Lipinski definition) is 0. The second-order valence-corrected chi connectivity index (χ2v) is 8.04. The standard InChI is InChI=1S/C23H46O4/c1-6-10-14-24-20-18-19(5)21(25-15-11-7-2)23(27-17-13-9-4)22(20)26-16-12-8-3/h19-23H,6-18H2,1-5H3/t19-,20?,21?,22-,23+/m0/s1. The first kappa shape index (κ1) is 24.9. The van der Waals surface area contributed by atoms with Gasteiger partial charge in [-0.15, -0.1) is 0 Å². The van der Waals surface area contributed by atoms with Gasteiger partial charge in [-0.25, -0.2) is 0 Å². The van der Waals surface area contributed by atoms with Gasteiger partial charge in [-0.3, -0.25) is 0 Å². The molecule has 0 aromatic carbocycles. The molecule has 0 aliphatic heterocycles. The Labute approximate surface area is 168 Å². The Balaban J connectivity index is 2.86. The van der Waals surface area contributed by atoms with Crippen molar-refractivity contribution in [2.45, 2.75) is 117 Å². The zero-order valence-corrected chi connectivity index (χ0v) is 18.7. The summed E-state index contributed by atoms with van der Waals surface area (Å²) in [5.74, 6) is 0.422. The van der Waals surface area contributed by atoms with Gasteiger partial charge in [-0.2, -0.15) is 0 Å². The Bertz CT molecular complexity index is 336. The Morgan fingerprint density at radius 2 is 0.963 bits per heavy atom. The molecule has 1 aliphatic rings. The fraction of sp³-hybridized carbons (Fsp3) is 1.00. The molecule has 4 nitrogen and oxygen atoms in total. The SMILES string of the molecule is CCCCOC1[C@@H](OCCCC)[C@@H](OCCCC)C(OCCCC)C[C@@H]1C. The maximum absolute atomic E-state index is 6.39. The van der Waals surface area contributed by atoms with Gasteiger partial charge < -0.3 is 18.9 Å². The normalized spacial score (nSPS) is 28.6. The largest absolute Gasteiger partial charge is 0.375 e. The molecule has 4 heteroatoms. The molecule has 162 valence electrons. The van der Waals surface area contributed by atoms with Crippen molar-refractivity contribution in [2.75, 3.05) is 26.4 Å². The molecule has 0 radical (unpaired) electrons. The molecule has 1 saturated carbocycles. The van der Waals surface area contributed by atoms with Gasteiger partial charge in [-0.1, -0.05) is 60.3 Å². The summed E-state index contributed by atoms with van der Waals surface area (Å²) in [6.07, 6.45) is 10.1. The smallest absolute Gasteiger partial charge is 0.113 e. The van der Waals surface area contributed by atoms with Crippen LogP contribution in [0.2, 0.25) is 0 Å². The van der Waals surface area contributed by atoms with Crippen LogP contribution < -0.4 is 0 Å². The third-order valence-corrected chi connectivity index (χ3v) is 5.43. The molecule has 0 heterocycles. The van der Waals surface area contributed by atoms with E-state index in [0.717, 1.165) is 84.2 Å². The Hall–Kier alpha value is -0.160. The van der Waals surface area contributed by atoms with Crippen LogP contribution >= 0.6 is 0 Å². The van der Waals surface area contributed by atoms with Crippen molar-refractivity contribution in [1.82, 2.24) is 0 Å². The first-order valence-corrected chi connectivity index (χ1v) is 11.7. The van der Waals surface area contributed by atoms with Crippen molar-refractivity contribution in [3.63, 3.8) is 0 Å². The molecule has 0 bridgehead atoms. The zero-order chi connectivity index (χ0) is 19.9. The summed E-state index contributed by atoms with van der Waals surface area (Å²) in [5, 5.41) is 0. The lowest BCUT2D eigenvalue weighted by atomic mass is 9.81. The lowest BCUT2D eigenvalue weighted by molar-refractivity contribution is -0.217. The van der Waals surface area contributed by atoms with E-state index in [1.165, 1.54) is 0 Å². The molecule has 1 fully saturated rings. The highest BCUT2D eigenvalue weighted by molar-refractivity contribution is 4.95. The van der Waals surface area contributed by atoms with Crippen molar-refractivity contribution < 1.29 is 18.9 Å². The second-order valence-electron chi connectivity index (χ2n) is 8.04. The van der Waals surface area contributed by atoms with Crippen LogP contribution in [-0.4, -0.2) is 50.8 Å². The molecule has 1 rings (SSSR count). The predicted octanol–water partition coefficient (Wildman–Crippen LogP) is 5.77. The van der Waals surface area contributed by atoms with Crippen molar-refractivity contribution in [3.05, 3.63) is 0 Å². The average molecular weight is 387 g/mol. The van der Waals surface area contributed by atoms with E-state index < -0.39 is 0 Å². The zero-order valence-electron chi connectivity index (χ0n) is 18.7. The molecular weight excluding hydrogens is 340 g/mol. The first-order valence-electron chi connectivity index (χ1n) is 11.7. The summed E-state index contributed by atoms with van der Waals surface area (Å²) in [4.78, 5) is 0. The van der Waals surface area contributed by atoms with E-state index in [1.807, 2.05) is 0 Å². The topological polar surface area (TPSA) is 36.9 Å². The quantitative estimate of drug-likeness (QED) is 0.316. The third kappa shape index (κ3) is 9.25. The van der Waals surface area contributed by atoms with E-state index in [0.29, 0.717) is 5.92 Å². The van der Waals surface area contributed by atoms with E-state index in [2.05, 4.69) is 34.6 Å². The molecule has 27 heavy (non-hydrogen) atoms. The minimum atomic E-state index is -0.0272. The van der Waals surface area contributed by atoms with Crippen LogP contribution in [0.4, 0.5) is 0 Å². The number of unbranched alkanes of at least 4 members (excludes halogenated alkanes) is 4. The molecular formula is C23H46O4. The summed E-state index contributed by atoms with van der Waals surface area (Å²) in [7, 11) is 0. The van der Waals surface area contributed by atoms with Crippen LogP contribution in [0.25, 0.3) is 0 Å². The number of ether oxygens (including phenoxy) is 4. The average Bonchev–Trinajstić information content (AvgIpc) is 2.66. The lowest BCUT2D eigenvalue weighted by Gasteiger charge is -2.45. The van der Waals surface area contributed by atoms with Gasteiger partial charge in [0.15, 0.2) is 0 Å². The van der Waals surface area contributed by atoms with Gasteiger partial charge >= 0.3 is 0 Å². The van der Waals surface area contributed by atoms with E-state index in [-0.39, 0.29) is 24.4 Å². The predicted molar refractivity (Wildman–Crippen MR) is 112 cm³/mol. The first-order chi connectivity index (χ1) is 13.2. The van der Waals surface area contributed by atoms with Crippen molar-refractivity contribution in [2.24, 2.45) is 5.92 Å². The van der Waals surface area contributed by atoms with Gasteiger partial charge in [0, 0.05) is 26.4 Å². The molecule has 5 atom stereocenters. The molecule has 0 amide bonds. The summed E-state index contributed by atoms with van der Waals surface area (Å²) < 4.78 is 25.4. The summed E-state index contributed by atoms with van der Waals surface area (Å²) >= 11 is 0. The van der Waals surface area contributed by atoms with Crippen LogP contribution in [0.15, 0.2) is 0 Å². The maximum atomic E-state index is 6.39. The molecule has 0 spiro atoms. The van der Waals surface area contributed by atoms with E-state index in [1.54, 1.807) is 0 Å². The summed E-state index contributed by atoms with van der Waals surface area (Å²) in [6.45, 7) is 14.3. The molecule has 1 aliphatic carbocycles. The lowest BCUT2D eigenvalue weighted by Crippen LogP contribution is -2.57. The fourth-order valence-electron chi connectivity index (χ4n) is 3.64. The second kappa shape index (κ2) is 15.7. The van der Waals surface area contributed by atoms with Gasteiger partial charge in [-0.05, 0) is 38.0 Å². The monoisotopic (exact) mass is 386 g/mol. The van der Waals surface area contributed by atoms with Crippen LogP contribution in [0, 0.1) is 5.92 Å². The number of hydrogen-bond acceptors (Lipinski definition) is 4. The molecule has 0 aromatic rings. The van der Waals surface area contributed by atoms with Crippen LogP contribution in [0.5, 0.6) is 0 Å². The molecule has 0 saturated heterocycles.